The van der Waals surface area contributed by atoms with Gasteiger partial charge in [-0.25, -0.2) is 0 Å². The fraction of sp³-hybridized carbons (Fsp3) is 0.130. The molecule has 0 aromatic heterocycles. The van der Waals surface area contributed by atoms with E-state index in [4.69, 9.17) is 0 Å². The second-order valence-corrected chi connectivity index (χ2v) is 7.08. The Balaban J connectivity index is 1.59. The van der Waals surface area contributed by atoms with Gasteiger partial charge in [-0.15, -0.1) is 0 Å². The van der Waals surface area contributed by atoms with E-state index in [2.05, 4.69) is 40.6 Å². The Kier molecular flexibility index (Phi) is 3.86. The third-order valence-corrected chi connectivity index (χ3v) is 5.40. The highest BCUT2D eigenvalue weighted by atomic mass is 16.6. The largest absolute Gasteiger partial charge is 0.269 e. The molecule has 0 saturated heterocycles. The summed E-state index contributed by atoms with van der Waals surface area (Å²) in [5.41, 5.74) is 2.11. The van der Waals surface area contributed by atoms with E-state index in [1.54, 1.807) is 12.1 Å². The van der Waals surface area contributed by atoms with Gasteiger partial charge >= 0.3 is 0 Å². The number of nitrogens with zero attached hydrogens (tertiary/aromatic N) is 3. The fourth-order valence-corrected chi connectivity index (χ4v) is 4.10. The van der Waals surface area contributed by atoms with Gasteiger partial charge in [-0.05, 0) is 38.7 Å². The lowest BCUT2D eigenvalue weighted by molar-refractivity contribution is -0.384. The zero-order chi connectivity index (χ0) is 19.1. The van der Waals surface area contributed by atoms with Crippen molar-refractivity contribution in [1.82, 2.24) is 0 Å². The molecule has 2 unspecified atom stereocenters. The van der Waals surface area contributed by atoms with Gasteiger partial charge in [0.15, 0.2) is 0 Å². The van der Waals surface area contributed by atoms with Crippen molar-refractivity contribution in [3.63, 3.8) is 0 Å². The molecule has 1 aliphatic heterocycles. The molecule has 4 aromatic rings. The quantitative estimate of drug-likeness (QED) is 0.234. The van der Waals surface area contributed by atoms with Crippen LogP contribution in [0.25, 0.3) is 21.5 Å². The zero-order valence-corrected chi connectivity index (χ0v) is 15.0. The Morgan fingerprint density at radius 3 is 2.11 bits per heavy atom. The lowest BCUT2D eigenvalue weighted by Gasteiger charge is -2.15. The lowest BCUT2D eigenvalue weighted by Crippen LogP contribution is -1.99. The molecule has 28 heavy (non-hydrogen) atoms. The van der Waals surface area contributed by atoms with Crippen LogP contribution in [-0.4, -0.2) is 4.92 Å². The van der Waals surface area contributed by atoms with Crippen LogP contribution in [0.3, 0.4) is 0 Å². The number of non-ortho nitro benzene ring substituents is 1. The smallest absolute Gasteiger partial charge is 0.258 e. The number of nitro benzene ring substituents is 1. The number of fused-ring (bicyclic) bond motifs is 2. The Morgan fingerprint density at radius 1 is 0.786 bits per heavy atom. The maximum Gasteiger partial charge on any atom is 0.269 e. The van der Waals surface area contributed by atoms with Gasteiger partial charge in [-0.2, -0.15) is 10.2 Å². The van der Waals surface area contributed by atoms with E-state index < -0.39 is 0 Å². The van der Waals surface area contributed by atoms with Gasteiger partial charge in [-0.3, -0.25) is 10.1 Å². The third kappa shape index (κ3) is 2.72. The molecule has 0 saturated carbocycles. The normalized spacial score (nSPS) is 18.7. The molecule has 0 aliphatic carbocycles. The monoisotopic (exact) mass is 367 g/mol. The van der Waals surface area contributed by atoms with E-state index in [1.807, 2.05) is 30.3 Å². The van der Waals surface area contributed by atoms with Crippen molar-refractivity contribution in [2.24, 2.45) is 10.2 Å². The Bertz CT molecular complexity index is 1200. The summed E-state index contributed by atoms with van der Waals surface area (Å²) in [6.07, 6.45) is 0.708. The predicted molar refractivity (Wildman–Crippen MR) is 110 cm³/mol. The number of azo groups is 1. The highest BCUT2D eigenvalue weighted by Gasteiger charge is 2.28. The standard InChI is InChI=1S/C23H17N3O2/c27-26(28)18-9-5-8-17(13-18)21-14-22(25-24-21)23-19-10-3-1-6-15(19)12-16-7-2-4-11-20(16)23/h1-13,21-22H,14H2. The molecule has 0 radical (unpaired) electrons. The summed E-state index contributed by atoms with van der Waals surface area (Å²) in [7, 11) is 0. The Morgan fingerprint density at radius 2 is 1.43 bits per heavy atom. The minimum atomic E-state index is -0.370. The van der Waals surface area contributed by atoms with Crippen LogP contribution in [0.15, 0.2) is 89.1 Å². The second kappa shape index (κ2) is 6.53. The SMILES string of the molecule is O=[N+]([O-])c1cccc(C2CC(c3c4ccccc4cc4ccccc34)N=N2)c1. The van der Waals surface area contributed by atoms with Crippen molar-refractivity contribution in [3.05, 3.63) is 100 Å². The first-order valence-corrected chi connectivity index (χ1v) is 9.25. The van der Waals surface area contributed by atoms with Crippen LogP contribution in [-0.2, 0) is 0 Å². The molecule has 5 rings (SSSR count). The minimum absolute atomic E-state index is 0.0692. The summed E-state index contributed by atoms with van der Waals surface area (Å²) in [6.45, 7) is 0. The topological polar surface area (TPSA) is 67.9 Å². The summed E-state index contributed by atoms with van der Waals surface area (Å²) in [5, 5.41) is 24.9. The second-order valence-electron chi connectivity index (χ2n) is 7.08. The van der Waals surface area contributed by atoms with Gasteiger partial charge < -0.3 is 0 Å². The molecule has 2 atom stereocenters. The van der Waals surface area contributed by atoms with Crippen LogP contribution >= 0.6 is 0 Å². The van der Waals surface area contributed by atoms with Crippen LogP contribution < -0.4 is 0 Å². The summed E-state index contributed by atoms with van der Waals surface area (Å²) in [5.74, 6) is 0. The highest BCUT2D eigenvalue weighted by Crippen LogP contribution is 2.44. The van der Waals surface area contributed by atoms with E-state index >= 15 is 0 Å². The molecule has 136 valence electrons. The van der Waals surface area contributed by atoms with Gasteiger partial charge in [0.2, 0.25) is 0 Å². The number of rotatable bonds is 3. The Hall–Kier alpha value is -3.60. The average Bonchev–Trinajstić information content (AvgIpc) is 3.22. The Labute approximate surface area is 161 Å². The zero-order valence-electron chi connectivity index (χ0n) is 15.0. The first-order valence-electron chi connectivity index (χ1n) is 9.25. The summed E-state index contributed by atoms with van der Waals surface area (Å²) in [4.78, 5) is 10.7. The molecule has 0 N–H and O–H groups in total. The molecule has 1 heterocycles. The van der Waals surface area contributed by atoms with Crippen molar-refractivity contribution >= 4 is 27.2 Å². The molecule has 1 aliphatic rings. The van der Waals surface area contributed by atoms with Crippen molar-refractivity contribution in [2.75, 3.05) is 0 Å². The van der Waals surface area contributed by atoms with Crippen molar-refractivity contribution in [2.45, 2.75) is 18.5 Å². The van der Waals surface area contributed by atoms with Crippen LogP contribution in [0.2, 0.25) is 0 Å². The number of benzene rings is 4. The molecule has 0 amide bonds. The first-order chi connectivity index (χ1) is 13.7. The minimum Gasteiger partial charge on any atom is -0.258 e. The summed E-state index contributed by atoms with van der Waals surface area (Å²) in [6, 6.07) is 25.4. The van der Waals surface area contributed by atoms with E-state index in [-0.39, 0.29) is 22.7 Å². The maximum atomic E-state index is 11.1. The summed E-state index contributed by atoms with van der Waals surface area (Å²) >= 11 is 0. The lowest BCUT2D eigenvalue weighted by atomic mass is 9.89. The van der Waals surface area contributed by atoms with Crippen molar-refractivity contribution < 1.29 is 4.92 Å². The van der Waals surface area contributed by atoms with Crippen LogP contribution in [0, 0.1) is 10.1 Å². The van der Waals surface area contributed by atoms with E-state index in [0.29, 0.717) is 6.42 Å². The molecular weight excluding hydrogens is 350 g/mol. The number of hydrogen-bond acceptors (Lipinski definition) is 4. The number of hydrogen-bond donors (Lipinski definition) is 0. The molecule has 5 nitrogen and oxygen atoms in total. The van der Waals surface area contributed by atoms with Gasteiger partial charge in [0.1, 0.15) is 0 Å². The van der Waals surface area contributed by atoms with Crippen molar-refractivity contribution in [1.29, 1.82) is 0 Å². The van der Waals surface area contributed by atoms with Gasteiger partial charge in [-0.1, -0.05) is 60.7 Å². The van der Waals surface area contributed by atoms with Gasteiger partial charge in [0.05, 0.1) is 17.0 Å². The van der Waals surface area contributed by atoms with E-state index in [1.165, 1.54) is 33.2 Å². The first kappa shape index (κ1) is 16.6. The average molecular weight is 367 g/mol. The van der Waals surface area contributed by atoms with Gasteiger partial charge in [0.25, 0.3) is 5.69 Å². The molecule has 0 spiro atoms. The molecule has 0 bridgehead atoms. The van der Waals surface area contributed by atoms with Crippen LogP contribution in [0.5, 0.6) is 0 Å². The highest BCUT2D eigenvalue weighted by molar-refractivity contribution is 6.02. The molecule has 0 fully saturated rings. The summed E-state index contributed by atoms with van der Waals surface area (Å²) < 4.78 is 0. The predicted octanol–water partition coefficient (Wildman–Crippen LogP) is 6.54. The van der Waals surface area contributed by atoms with E-state index in [9.17, 15) is 10.1 Å². The van der Waals surface area contributed by atoms with Crippen molar-refractivity contribution in [3.8, 4) is 0 Å². The van der Waals surface area contributed by atoms with Crippen LogP contribution in [0.1, 0.15) is 29.6 Å². The van der Waals surface area contributed by atoms with E-state index in [0.717, 1.165) is 5.56 Å². The fourth-order valence-electron chi connectivity index (χ4n) is 4.10. The third-order valence-electron chi connectivity index (χ3n) is 5.40. The maximum absolute atomic E-state index is 11.1. The number of nitro groups is 1. The molecule has 5 heteroatoms. The molecule has 4 aromatic carbocycles. The molecular formula is C23H17N3O2. The van der Waals surface area contributed by atoms with Crippen LogP contribution in [0.4, 0.5) is 5.69 Å². The van der Waals surface area contributed by atoms with Gasteiger partial charge in [0, 0.05) is 18.6 Å².